The van der Waals surface area contributed by atoms with Gasteiger partial charge in [-0.25, -0.2) is 14.4 Å². The van der Waals surface area contributed by atoms with Gasteiger partial charge in [0, 0.05) is 51.2 Å². The lowest BCUT2D eigenvalue weighted by Gasteiger charge is -2.22. The Kier molecular flexibility index (Phi) is 4.08. The first-order chi connectivity index (χ1) is 8.60. The number of hydrogen-bond acceptors (Lipinski definition) is 5. The highest BCUT2D eigenvalue weighted by Crippen LogP contribution is 2.22. The Morgan fingerprint density at radius 1 is 1.44 bits per heavy atom. The summed E-state index contributed by atoms with van der Waals surface area (Å²) in [5.74, 6) is 0.655. The van der Waals surface area contributed by atoms with Gasteiger partial charge < -0.3 is 10.0 Å². The lowest BCUT2D eigenvalue weighted by Crippen LogP contribution is -2.31. The molecule has 2 heterocycles. The van der Waals surface area contributed by atoms with Crippen molar-refractivity contribution < 1.29 is 9.50 Å². The first kappa shape index (κ1) is 13.2. The molecule has 0 unspecified atom stereocenters. The molecule has 0 aliphatic carbocycles. The third-order valence-corrected chi connectivity index (χ3v) is 3.16. The predicted octanol–water partition coefficient (Wildman–Crippen LogP) is 0.447. The minimum atomic E-state index is -0.843. The summed E-state index contributed by atoms with van der Waals surface area (Å²) in [7, 11) is 3.76. The van der Waals surface area contributed by atoms with Gasteiger partial charge in [0.1, 0.15) is 6.17 Å². The molecule has 100 valence electrons. The van der Waals surface area contributed by atoms with E-state index in [2.05, 4.69) is 9.97 Å². The summed E-state index contributed by atoms with van der Waals surface area (Å²) in [6, 6.07) is -0.0893. The van der Waals surface area contributed by atoms with Crippen LogP contribution in [0.3, 0.4) is 0 Å². The standard InChI is InChI=1S/C12H19FN4O/c1-16(2)12-14-4-9(5-15-12)6-17-7-10(13)3-11(17)8-18/h4-5,10-11,18H,3,6-8H2,1-2H3/t10-,11-/m0/s1. The fourth-order valence-electron chi connectivity index (χ4n) is 2.20. The van der Waals surface area contributed by atoms with Gasteiger partial charge in [-0.1, -0.05) is 0 Å². The number of aliphatic hydroxyl groups excluding tert-OH is 1. The molecule has 0 saturated carbocycles. The van der Waals surface area contributed by atoms with Crippen LogP contribution in [0, 0.1) is 0 Å². The zero-order chi connectivity index (χ0) is 13.1. The number of hydrogen-bond donors (Lipinski definition) is 1. The minimum absolute atomic E-state index is 0.00292. The van der Waals surface area contributed by atoms with Crippen molar-refractivity contribution in [2.24, 2.45) is 0 Å². The molecule has 0 amide bonds. The number of anilines is 1. The van der Waals surface area contributed by atoms with E-state index in [-0.39, 0.29) is 12.6 Å². The van der Waals surface area contributed by atoms with Crippen LogP contribution in [0.1, 0.15) is 12.0 Å². The maximum atomic E-state index is 13.3. The van der Waals surface area contributed by atoms with Gasteiger partial charge in [-0.2, -0.15) is 0 Å². The molecule has 5 nitrogen and oxygen atoms in total. The van der Waals surface area contributed by atoms with E-state index in [4.69, 9.17) is 0 Å². The van der Waals surface area contributed by atoms with Gasteiger partial charge in [0.2, 0.25) is 5.95 Å². The summed E-state index contributed by atoms with van der Waals surface area (Å²) in [5.41, 5.74) is 0.938. The Morgan fingerprint density at radius 3 is 2.67 bits per heavy atom. The van der Waals surface area contributed by atoms with E-state index in [0.717, 1.165) is 5.56 Å². The summed E-state index contributed by atoms with van der Waals surface area (Å²) >= 11 is 0. The lowest BCUT2D eigenvalue weighted by molar-refractivity contribution is 0.153. The van der Waals surface area contributed by atoms with Gasteiger partial charge in [0.15, 0.2) is 0 Å². The highest BCUT2D eigenvalue weighted by atomic mass is 19.1. The van der Waals surface area contributed by atoms with Gasteiger partial charge in [-0.3, -0.25) is 4.90 Å². The highest BCUT2D eigenvalue weighted by molar-refractivity contribution is 5.26. The first-order valence-corrected chi connectivity index (χ1v) is 6.07. The first-order valence-electron chi connectivity index (χ1n) is 6.07. The fourth-order valence-corrected chi connectivity index (χ4v) is 2.20. The van der Waals surface area contributed by atoms with E-state index < -0.39 is 6.17 Å². The second-order valence-electron chi connectivity index (χ2n) is 4.88. The Labute approximate surface area is 106 Å². The quantitative estimate of drug-likeness (QED) is 0.845. The molecule has 6 heteroatoms. The van der Waals surface area contributed by atoms with Crippen LogP contribution in [-0.4, -0.2) is 59.4 Å². The van der Waals surface area contributed by atoms with Gasteiger partial charge in [-0.15, -0.1) is 0 Å². The average molecular weight is 254 g/mol. The Morgan fingerprint density at radius 2 is 2.11 bits per heavy atom. The summed E-state index contributed by atoms with van der Waals surface area (Å²) in [5, 5.41) is 9.20. The molecular formula is C12H19FN4O. The molecule has 1 aliphatic rings. The van der Waals surface area contributed by atoms with Crippen LogP contribution in [-0.2, 0) is 6.54 Å². The van der Waals surface area contributed by atoms with E-state index in [0.29, 0.717) is 25.5 Å². The summed E-state index contributed by atoms with van der Waals surface area (Å²) in [6.45, 7) is 0.955. The van der Waals surface area contributed by atoms with E-state index >= 15 is 0 Å². The summed E-state index contributed by atoms with van der Waals surface area (Å²) in [4.78, 5) is 12.2. The largest absolute Gasteiger partial charge is 0.395 e. The molecule has 18 heavy (non-hydrogen) atoms. The van der Waals surface area contributed by atoms with Crippen LogP contribution < -0.4 is 4.90 Å². The topological polar surface area (TPSA) is 52.5 Å². The van der Waals surface area contributed by atoms with E-state index in [1.54, 1.807) is 12.4 Å². The van der Waals surface area contributed by atoms with Crippen molar-refractivity contribution in [3.63, 3.8) is 0 Å². The van der Waals surface area contributed by atoms with Gasteiger partial charge in [0.05, 0.1) is 6.61 Å². The van der Waals surface area contributed by atoms with Crippen LogP contribution in [0.15, 0.2) is 12.4 Å². The van der Waals surface area contributed by atoms with Crippen molar-refractivity contribution in [1.82, 2.24) is 14.9 Å². The Balaban J connectivity index is 2.00. The number of aliphatic hydroxyl groups is 1. The van der Waals surface area contributed by atoms with Crippen molar-refractivity contribution in [3.8, 4) is 0 Å². The molecule has 2 atom stereocenters. The van der Waals surface area contributed by atoms with Crippen molar-refractivity contribution >= 4 is 5.95 Å². The van der Waals surface area contributed by atoms with Crippen LogP contribution in [0.5, 0.6) is 0 Å². The van der Waals surface area contributed by atoms with Crippen LogP contribution in [0.25, 0.3) is 0 Å². The number of aromatic nitrogens is 2. The van der Waals surface area contributed by atoms with E-state index in [9.17, 15) is 9.50 Å². The van der Waals surface area contributed by atoms with Gasteiger partial charge in [0.25, 0.3) is 0 Å². The normalized spacial score (nSPS) is 24.4. The average Bonchev–Trinajstić information content (AvgIpc) is 2.70. The van der Waals surface area contributed by atoms with Gasteiger partial charge in [-0.05, 0) is 6.42 Å². The fraction of sp³-hybridized carbons (Fsp3) is 0.667. The van der Waals surface area contributed by atoms with Crippen molar-refractivity contribution in [2.75, 3.05) is 32.1 Å². The number of alkyl halides is 1. The van der Waals surface area contributed by atoms with Crippen molar-refractivity contribution in [2.45, 2.75) is 25.2 Å². The number of nitrogens with zero attached hydrogens (tertiary/aromatic N) is 4. The molecule has 1 aliphatic heterocycles. The Bertz CT molecular complexity index is 384. The van der Waals surface area contributed by atoms with E-state index in [1.165, 1.54) is 0 Å². The molecule has 1 aromatic rings. The Hall–Kier alpha value is -1.27. The second kappa shape index (κ2) is 5.58. The van der Waals surface area contributed by atoms with Crippen molar-refractivity contribution in [1.29, 1.82) is 0 Å². The monoisotopic (exact) mass is 254 g/mol. The molecule has 1 fully saturated rings. The maximum Gasteiger partial charge on any atom is 0.224 e. The maximum absolute atomic E-state index is 13.3. The molecule has 0 aromatic carbocycles. The molecule has 1 N–H and O–H groups in total. The molecule has 1 saturated heterocycles. The van der Waals surface area contributed by atoms with Crippen LogP contribution in [0.2, 0.25) is 0 Å². The second-order valence-corrected chi connectivity index (χ2v) is 4.88. The van der Waals surface area contributed by atoms with Crippen molar-refractivity contribution in [3.05, 3.63) is 18.0 Å². The number of halogens is 1. The molecular weight excluding hydrogens is 235 g/mol. The molecule has 0 radical (unpaired) electrons. The number of likely N-dealkylation sites (tertiary alicyclic amines) is 1. The third kappa shape index (κ3) is 2.94. The smallest absolute Gasteiger partial charge is 0.224 e. The molecule has 0 spiro atoms. The van der Waals surface area contributed by atoms with Gasteiger partial charge >= 0.3 is 0 Å². The number of rotatable bonds is 4. The lowest BCUT2D eigenvalue weighted by atomic mass is 10.2. The van der Waals surface area contributed by atoms with E-state index in [1.807, 2.05) is 23.9 Å². The molecule has 1 aromatic heterocycles. The molecule has 2 rings (SSSR count). The zero-order valence-corrected chi connectivity index (χ0v) is 10.8. The SMILES string of the molecule is CN(C)c1ncc(CN2C[C@@H](F)C[C@H]2CO)cn1. The summed E-state index contributed by atoms with van der Waals surface area (Å²) in [6.07, 6.45) is 3.07. The highest BCUT2D eigenvalue weighted by Gasteiger charge is 2.31. The minimum Gasteiger partial charge on any atom is -0.395 e. The molecule has 0 bridgehead atoms. The summed E-state index contributed by atoms with van der Waals surface area (Å²) < 4.78 is 13.3. The predicted molar refractivity (Wildman–Crippen MR) is 67.2 cm³/mol. The third-order valence-electron chi connectivity index (χ3n) is 3.16. The van der Waals surface area contributed by atoms with Crippen LogP contribution >= 0.6 is 0 Å². The van der Waals surface area contributed by atoms with Crippen LogP contribution in [0.4, 0.5) is 10.3 Å². The zero-order valence-electron chi connectivity index (χ0n) is 10.8.